The van der Waals surface area contributed by atoms with Crippen molar-refractivity contribution in [3.05, 3.63) is 23.8 Å². The minimum atomic E-state index is 0.322. The summed E-state index contributed by atoms with van der Waals surface area (Å²) in [7, 11) is 6.15. The van der Waals surface area contributed by atoms with E-state index < -0.39 is 0 Å². The van der Waals surface area contributed by atoms with Gasteiger partial charge in [0.05, 0.1) is 6.10 Å². The number of hydrogen-bond acceptors (Lipinski definition) is 3. The monoisotopic (exact) mass is 349 g/mol. The fourth-order valence-electron chi connectivity index (χ4n) is 3.86. The summed E-state index contributed by atoms with van der Waals surface area (Å²) >= 11 is 2.06. The van der Waals surface area contributed by atoms with Crippen LogP contribution in [0.4, 0.5) is 5.69 Å². The van der Waals surface area contributed by atoms with Crippen molar-refractivity contribution in [2.75, 3.05) is 31.9 Å². The molecule has 2 nitrogen and oxygen atoms in total. The molecule has 0 radical (unpaired) electrons. The Balaban J connectivity index is 2.31. The van der Waals surface area contributed by atoms with Crippen LogP contribution >= 0.6 is 11.8 Å². The lowest BCUT2D eigenvalue weighted by atomic mass is 9.73. The number of hydrogen-bond donors (Lipinski definition) is 0. The SMILES string of the molecule is CCCCC1(CCCC)CSc2ccc(N(C)C)cc2C[C@H]1OC. The molecule has 0 saturated heterocycles. The Morgan fingerprint density at radius 1 is 1.17 bits per heavy atom. The van der Waals surface area contributed by atoms with Crippen LogP contribution < -0.4 is 4.90 Å². The first kappa shape index (κ1) is 19.7. The van der Waals surface area contributed by atoms with Crippen molar-refractivity contribution in [1.29, 1.82) is 0 Å². The summed E-state index contributed by atoms with van der Waals surface area (Å²) in [5.41, 5.74) is 3.08. The molecule has 1 aliphatic heterocycles. The highest BCUT2D eigenvalue weighted by atomic mass is 32.2. The minimum absolute atomic E-state index is 0.322. The Morgan fingerprint density at radius 3 is 2.38 bits per heavy atom. The Bertz CT molecular complexity index is 507. The second kappa shape index (κ2) is 9.15. The molecular weight excluding hydrogens is 314 g/mol. The van der Waals surface area contributed by atoms with Crippen molar-refractivity contribution in [2.24, 2.45) is 5.41 Å². The van der Waals surface area contributed by atoms with Crippen LogP contribution in [0.1, 0.15) is 57.9 Å². The largest absolute Gasteiger partial charge is 0.381 e. The highest BCUT2D eigenvalue weighted by Gasteiger charge is 2.40. The average molecular weight is 350 g/mol. The molecule has 0 saturated carbocycles. The number of nitrogens with zero attached hydrogens (tertiary/aromatic N) is 1. The first-order chi connectivity index (χ1) is 11.6. The van der Waals surface area contributed by atoms with E-state index in [1.54, 1.807) is 0 Å². The molecule has 1 aromatic rings. The first-order valence-corrected chi connectivity index (χ1v) is 10.5. The molecule has 3 heteroatoms. The fraction of sp³-hybridized carbons (Fsp3) is 0.714. The Kier molecular flexibility index (Phi) is 7.49. The summed E-state index contributed by atoms with van der Waals surface area (Å²) in [6, 6.07) is 6.93. The fourth-order valence-corrected chi connectivity index (χ4v) is 5.27. The predicted molar refractivity (Wildman–Crippen MR) is 107 cm³/mol. The third-order valence-electron chi connectivity index (χ3n) is 5.50. The van der Waals surface area contributed by atoms with Crippen LogP contribution in [0.15, 0.2) is 23.1 Å². The molecule has 0 bridgehead atoms. The van der Waals surface area contributed by atoms with E-state index in [-0.39, 0.29) is 0 Å². The first-order valence-electron chi connectivity index (χ1n) is 9.52. The van der Waals surface area contributed by atoms with Gasteiger partial charge in [0.2, 0.25) is 0 Å². The molecule has 0 N–H and O–H groups in total. The summed E-state index contributed by atoms with van der Waals surface area (Å²) in [4.78, 5) is 3.65. The predicted octanol–water partition coefficient (Wildman–Crippen LogP) is 5.78. The quantitative estimate of drug-likeness (QED) is 0.590. The van der Waals surface area contributed by atoms with Gasteiger partial charge in [0, 0.05) is 49.4 Å². The van der Waals surface area contributed by atoms with Gasteiger partial charge in [-0.2, -0.15) is 0 Å². The number of unbranched alkanes of at least 4 members (excludes halogenated alkanes) is 2. The Labute approximate surface area is 153 Å². The lowest BCUT2D eigenvalue weighted by Crippen LogP contribution is -2.39. The van der Waals surface area contributed by atoms with E-state index in [2.05, 4.69) is 62.8 Å². The maximum Gasteiger partial charge on any atom is 0.0676 e. The smallest absolute Gasteiger partial charge is 0.0676 e. The summed E-state index contributed by atoms with van der Waals surface area (Å²) in [5, 5.41) is 0. The zero-order valence-electron chi connectivity index (χ0n) is 16.2. The number of ether oxygens (including phenoxy) is 1. The molecule has 1 heterocycles. The van der Waals surface area contributed by atoms with E-state index >= 15 is 0 Å². The molecule has 1 aromatic carbocycles. The lowest BCUT2D eigenvalue weighted by Gasteiger charge is -2.39. The van der Waals surface area contributed by atoms with E-state index in [1.807, 2.05) is 7.11 Å². The Morgan fingerprint density at radius 2 is 1.83 bits per heavy atom. The van der Waals surface area contributed by atoms with Crippen molar-refractivity contribution in [3.63, 3.8) is 0 Å². The van der Waals surface area contributed by atoms with Gasteiger partial charge in [-0.15, -0.1) is 11.8 Å². The van der Waals surface area contributed by atoms with Crippen LogP contribution in [-0.2, 0) is 11.2 Å². The lowest BCUT2D eigenvalue weighted by molar-refractivity contribution is -0.0113. The number of anilines is 1. The average Bonchev–Trinajstić information content (AvgIpc) is 2.74. The standard InChI is InChI=1S/C21H35NOS/c1-6-8-12-21(13-9-7-2)16-24-19-11-10-18(22(3)4)14-17(19)15-20(21)23-5/h10-11,14,20H,6-9,12-13,15-16H2,1-5H3/t20-/m1/s1. The molecule has 0 unspecified atom stereocenters. The van der Waals surface area contributed by atoms with Gasteiger partial charge >= 0.3 is 0 Å². The van der Waals surface area contributed by atoms with Gasteiger partial charge in [0.25, 0.3) is 0 Å². The van der Waals surface area contributed by atoms with Gasteiger partial charge in [-0.05, 0) is 36.6 Å². The van der Waals surface area contributed by atoms with Crippen molar-refractivity contribution in [3.8, 4) is 0 Å². The number of rotatable bonds is 8. The maximum atomic E-state index is 6.11. The Hall–Kier alpha value is -0.670. The third kappa shape index (κ3) is 4.49. The minimum Gasteiger partial charge on any atom is -0.381 e. The highest BCUT2D eigenvalue weighted by Crippen LogP contribution is 2.46. The topological polar surface area (TPSA) is 12.5 Å². The van der Waals surface area contributed by atoms with Gasteiger partial charge < -0.3 is 9.64 Å². The van der Waals surface area contributed by atoms with Gasteiger partial charge in [0.1, 0.15) is 0 Å². The van der Waals surface area contributed by atoms with Crippen LogP contribution in [-0.4, -0.2) is 33.1 Å². The van der Waals surface area contributed by atoms with Gasteiger partial charge in [-0.3, -0.25) is 0 Å². The highest BCUT2D eigenvalue weighted by molar-refractivity contribution is 7.99. The molecule has 0 aliphatic carbocycles. The van der Waals surface area contributed by atoms with Gasteiger partial charge in [-0.25, -0.2) is 0 Å². The van der Waals surface area contributed by atoms with Gasteiger partial charge in [0.15, 0.2) is 0 Å². The van der Waals surface area contributed by atoms with Crippen molar-refractivity contribution in [2.45, 2.75) is 69.8 Å². The zero-order chi connectivity index (χ0) is 17.6. The van der Waals surface area contributed by atoms with E-state index in [0.717, 1.165) is 6.42 Å². The summed E-state index contributed by atoms with van der Waals surface area (Å²) < 4.78 is 6.11. The molecule has 0 spiro atoms. The maximum absolute atomic E-state index is 6.11. The molecule has 0 aromatic heterocycles. The second-order valence-corrected chi connectivity index (χ2v) is 8.49. The molecule has 1 atom stereocenters. The van der Waals surface area contributed by atoms with Gasteiger partial charge in [-0.1, -0.05) is 39.5 Å². The van der Waals surface area contributed by atoms with Crippen molar-refractivity contribution in [1.82, 2.24) is 0 Å². The molecule has 136 valence electrons. The normalized spacial score (nSPS) is 19.6. The van der Waals surface area contributed by atoms with Crippen LogP contribution in [0.5, 0.6) is 0 Å². The van der Waals surface area contributed by atoms with E-state index in [0.29, 0.717) is 11.5 Å². The molecule has 0 fully saturated rings. The van der Waals surface area contributed by atoms with Crippen LogP contribution in [0, 0.1) is 5.41 Å². The number of methoxy groups -OCH3 is 1. The second-order valence-electron chi connectivity index (χ2n) is 7.47. The van der Waals surface area contributed by atoms with Crippen LogP contribution in [0.2, 0.25) is 0 Å². The van der Waals surface area contributed by atoms with E-state index in [9.17, 15) is 0 Å². The van der Waals surface area contributed by atoms with Crippen molar-refractivity contribution >= 4 is 17.4 Å². The summed E-state index contributed by atoms with van der Waals surface area (Å²) in [5.74, 6) is 1.19. The van der Waals surface area contributed by atoms with Crippen LogP contribution in [0.3, 0.4) is 0 Å². The molecule has 24 heavy (non-hydrogen) atoms. The number of thioether (sulfide) groups is 1. The third-order valence-corrected chi connectivity index (χ3v) is 6.93. The summed E-state index contributed by atoms with van der Waals surface area (Å²) in [6.45, 7) is 4.61. The number of fused-ring (bicyclic) bond motifs is 1. The molecular formula is C21H35NOS. The van der Waals surface area contributed by atoms with Crippen LogP contribution in [0.25, 0.3) is 0 Å². The molecule has 0 amide bonds. The van der Waals surface area contributed by atoms with Crippen molar-refractivity contribution < 1.29 is 4.74 Å². The zero-order valence-corrected chi connectivity index (χ0v) is 17.0. The molecule has 1 aliphatic rings. The van der Waals surface area contributed by atoms with E-state index in [4.69, 9.17) is 4.74 Å². The summed E-state index contributed by atoms with van der Waals surface area (Å²) in [6.07, 6.45) is 9.13. The molecule has 2 rings (SSSR count). The number of benzene rings is 1. The van der Waals surface area contributed by atoms with E-state index in [1.165, 1.54) is 60.4 Å².